The summed E-state index contributed by atoms with van der Waals surface area (Å²) < 4.78 is 26.0. The van der Waals surface area contributed by atoms with Gasteiger partial charge in [-0.15, -0.1) is 23.1 Å². The lowest BCUT2D eigenvalue weighted by atomic mass is 9.98. The number of benzene rings is 1. The van der Waals surface area contributed by atoms with E-state index >= 15 is 0 Å². The Balaban J connectivity index is 1.41. The number of thioether (sulfide) groups is 1. The summed E-state index contributed by atoms with van der Waals surface area (Å²) in [4.78, 5) is 19.7. The molecule has 1 N–H and O–H groups in total. The van der Waals surface area contributed by atoms with Crippen molar-refractivity contribution in [3.05, 3.63) is 52.0 Å². The topological polar surface area (TPSA) is 82.6 Å². The number of nitrogens with zero attached hydrogens (tertiary/aromatic N) is 3. The van der Waals surface area contributed by atoms with E-state index in [1.54, 1.807) is 30.0 Å². The monoisotopic (exact) mass is 492 g/mol. The van der Waals surface area contributed by atoms with Crippen LogP contribution in [0.25, 0.3) is 6.08 Å². The summed E-state index contributed by atoms with van der Waals surface area (Å²) in [6.45, 7) is 3.80. The Morgan fingerprint density at radius 3 is 2.88 bits per heavy atom. The molecule has 2 aromatic rings. The zero-order valence-electron chi connectivity index (χ0n) is 18.1. The maximum Gasteiger partial charge on any atom is 0.231 e. The van der Waals surface area contributed by atoms with Gasteiger partial charge in [0.25, 0.3) is 0 Å². The van der Waals surface area contributed by atoms with Crippen molar-refractivity contribution in [2.75, 3.05) is 36.5 Å². The van der Waals surface area contributed by atoms with Crippen LogP contribution in [0.3, 0.4) is 0 Å². The Hall–Kier alpha value is -1.88. The van der Waals surface area contributed by atoms with E-state index in [1.165, 1.54) is 9.87 Å². The molecule has 3 heterocycles. The van der Waals surface area contributed by atoms with E-state index in [1.807, 2.05) is 34.6 Å². The highest BCUT2D eigenvalue weighted by Gasteiger charge is 2.36. The molecule has 2 fully saturated rings. The molecule has 0 spiro atoms. The van der Waals surface area contributed by atoms with Gasteiger partial charge in [-0.05, 0) is 31.4 Å². The van der Waals surface area contributed by atoms with E-state index < -0.39 is 10.0 Å². The number of hydrogen-bond acceptors (Lipinski definition) is 7. The molecule has 1 atom stereocenters. The first-order valence-electron chi connectivity index (χ1n) is 10.8. The number of sulfonamides is 1. The standard InChI is InChI=1S/C22H28N4O3S3/c1-2-32(28,29)25-10-6-9-18(15-25)21(27)26-11-12-30-20(26)13-19-16-31-22(24-19)23-14-17-7-4-3-5-8-17/h3-5,7-8,13,16,18H,2,6,9-12,14-15H2,1H3,(H,23,24)/b20-13+/t18-/m0/s1. The minimum atomic E-state index is -3.27. The van der Waals surface area contributed by atoms with Crippen molar-refractivity contribution in [3.63, 3.8) is 0 Å². The number of aromatic nitrogens is 1. The minimum Gasteiger partial charge on any atom is -0.357 e. The molecule has 0 saturated carbocycles. The van der Waals surface area contributed by atoms with Crippen LogP contribution < -0.4 is 5.32 Å². The molecule has 2 aliphatic heterocycles. The van der Waals surface area contributed by atoms with Crippen LogP contribution in [0.4, 0.5) is 5.13 Å². The van der Waals surface area contributed by atoms with Crippen LogP contribution >= 0.6 is 23.1 Å². The Morgan fingerprint density at radius 1 is 1.28 bits per heavy atom. The van der Waals surface area contributed by atoms with Crippen molar-refractivity contribution in [1.29, 1.82) is 0 Å². The molecule has 0 aliphatic carbocycles. The first kappa shape index (κ1) is 23.3. The van der Waals surface area contributed by atoms with Gasteiger partial charge < -0.3 is 10.2 Å². The van der Waals surface area contributed by atoms with Gasteiger partial charge in [-0.3, -0.25) is 4.79 Å². The second-order valence-corrected chi connectivity index (χ2v) is 12.1. The number of nitrogens with one attached hydrogen (secondary N) is 1. The van der Waals surface area contributed by atoms with Gasteiger partial charge in [0, 0.05) is 37.3 Å². The van der Waals surface area contributed by atoms with E-state index in [4.69, 9.17) is 0 Å². The van der Waals surface area contributed by atoms with Crippen LogP contribution in [0.2, 0.25) is 0 Å². The number of hydrogen-bond donors (Lipinski definition) is 1. The van der Waals surface area contributed by atoms with Crippen molar-refractivity contribution >= 4 is 50.2 Å². The van der Waals surface area contributed by atoms with E-state index in [0.29, 0.717) is 19.6 Å². The summed E-state index contributed by atoms with van der Waals surface area (Å²) in [5.74, 6) is 0.647. The Bertz CT molecular complexity index is 1070. The maximum atomic E-state index is 13.2. The molecule has 1 aromatic heterocycles. The van der Waals surface area contributed by atoms with Crippen LogP contribution in [-0.2, 0) is 21.4 Å². The fourth-order valence-electron chi connectivity index (χ4n) is 3.90. The van der Waals surface area contributed by atoms with Gasteiger partial charge >= 0.3 is 0 Å². The number of anilines is 1. The molecular formula is C22H28N4O3S3. The molecule has 172 valence electrons. The third-order valence-electron chi connectivity index (χ3n) is 5.67. The third-order valence-corrected chi connectivity index (χ3v) is 9.36. The van der Waals surface area contributed by atoms with Gasteiger partial charge in [0.05, 0.1) is 22.4 Å². The molecule has 0 unspecified atom stereocenters. The van der Waals surface area contributed by atoms with E-state index in [-0.39, 0.29) is 24.1 Å². The minimum absolute atomic E-state index is 0.0231. The van der Waals surface area contributed by atoms with Gasteiger partial charge in [0.1, 0.15) is 0 Å². The highest BCUT2D eigenvalue weighted by molar-refractivity contribution is 8.03. The van der Waals surface area contributed by atoms with Gasteiger partial charge in [0.15, 0.2) is 5.13 Å². The lowest BCUT2D eigenvalue weighted by molar-refractivity contribution is -0.133. The number of piperidine rings is 1. The molecule has 0 bridgehead atoms. The van der Waals surface area contributed by atoms with Crippen LogP contribution in [0.1, 0.15) is 31.0 Å². The molecule has 7 nitrogen and oxygen atoms in total. The lowest BCUT2D eigenvalue weighted by Crippen LogP contribution is -2.46. The predicted molar refractivity (Wildman–Crippen MR) is 132 cm³/mol. The second-order valence-electron chi connectivity index (χ2n) is 7.84. The smallest absolute Gasteiger partial charge is 0.231 e. The second kappa shape index (κ2) is 10.4. The highest BCUT2D eigenvalue weighted by atomic mass is 32.2. The largest absolute Gasteiger partial charge is 0.357 e. The zero-order chi connectivity index (χ0) is 22.6. The molecule has 2 saturated heterocycles. The number of carbonyl (C=O) groups is 1. The van der Waals surface area contributed by atoms with Crippen LogP contribution in [0, 0.1) is 5.92 Å². The Labute approximate surface area is 198 Å². The van der Waals surface area contributed by atoms with Gasteiger partial charge in [-0.1, -0.05) is 30.3 Å². The normalized spacial score (nSPS) is 21.2. The maximum absolute atomic E-state index is 13.2. The molecule has 32 heavy (non-hydrogen) atoms. The summed E-state index contributed by atoms with van der Waals surface area (Å²) >= 11 is 3.19. The number of amides is 1. The SMILES string of the molecule is CCS(=O)(=O)N1CCC[C@H](C(=O)N2CCS/C2=C/c2csc(NCc3ccccc3)n2)C1. The van der Waals surface area contributed by atoms with Crippen molar-refractivity contribution in [1.82, 2.24) is 14.2 Å². The molecule has 1 aromatic carbocycles. The van der Waals surface area contributed by atoms with Crippen LogP contribution in [-0.4, -0.2) is 59.7 Å². The number of thiazole rings is 1. The average molecular weight is 493 g/mol. The first-order chi connectivity index (χ1) is 15.5. The van der Waals surface area contributed by atoms with E-state index in [2.05, 4.69) is 22.4 Å². The summed E-state index contributed by atoms with van der Waals surface area (Å²) in [5, 5.41) is 7.06. The van der Waals surface area contributed by atoms with E-state index in [9.17, 15) is 13.2 Å². The molecule has 10 heteroatoms. The molecular weight excluding hydrogens is 464 g/mol. The Kier molecular flexibility index (Phi) is 7.55. The lowest BCUT2D eigenvalue weighted by Gasteiger charge is -2.33. The van der Waals surface area contributed by atoms with Crippen molar-refractivity contribution in [2.45, 2.75) is 26.3 Å². The molecule has 4 rings (SSSR count). The Morgan fingerprint density at radius 2 is 2.09 bits per heavy atom. The fourth-order valence-corrected chi connectivity index (χ4v) is 6.77. The summed E-state index contributed by atoms with van der Waals surface area (Å²) in [7, 11) is -3.27. The predicted octanol–water partition coefficient (Wildman–Crippen LogP) is 3.69. The first-order valence-corrected chi connectivity index (χ1v) is 14.3. The number of carbonyl (C=O) groups excluding carboxylic acids is 1. The zero-order valence-corrected chi connectivity index (χ0v) is 20.5. The van der Waals surface area contributed by atoms with Gasteiger partial charge in [0.2, 0.25) is 15.9 Å². The van der Waals surface area contributed by atoms with Gasteiger partial charge in [-0.2, -0.15) is 0 Å². The van der Waals surface area contributed by atoms with Crippen molar-refractivity contribution < 1.29 is 13.2 Å². The average Bonchev–Trinajstić information content (AvgIpc) is 3.48. The fraction of sp³-hybridized carbons (Fsp3) is 0.455. The van der Waals surface area contributed by atoms with Crippen molar-refractivity contribution in [2.24, 2.45) is 5.92 Å². The quantitative estimate of drug-likeness (QED) is 0.635. The summed E-state index contributed by atoms with van der Waals surface area (Å²) in [6.07, 6.45) is 3.41. The van der Waals surface area contributed by atoms with Gasteiger partial charge in [-0.25, -0.2) is 17.7 Å². The highest BCUT2D eigenvalue weighted by Crippen LogP contribution is 2.33. The number of rotatable bonds is 7. The van der Waals surface area contributed by atoms with Crippen molar-refractivity contribution in [3.8, 4) is 0 Å². The van der Waals surface area contributed by atoms with Crippen LogP contribution in [0.15, 0.2) is 40.7 Å². The van der Waals surface area contributed by atoms with Crippen LogP contribution in [0.5, 0.6) is 0 Å². The molecule has 1 amide bonds. The summed E-state index contributed by atoms with van der Waals surface area (Å²) in [6, 6.07) is 10.2. The molecule has 2 aliphatic rings. The van der Waals surface area contributed by atoms with E-state index in [0.717, 1.165) is 34.4 Å². The summed E-state index contributed by atoms with van der Waals surface area (Å²) in [5.41, 5.74) is 2.02. The molecule has 0 radical (unpaired) electrons. The third kappa shape index (κ3) is 5.54.